The van der Waals surface area contributed by atoms with Crippen molar-refractivity contribution < 1.29 is 4.39 Å². The van der Waals surface area contributed by atoms with E-state index < -0.39 is 0 Å². The van der Waals surface area contributed by atoms with Gasteiger partial charge in [0.1, 0.15) is 11.6 Å². The zero-order valence-corrected chi connectivity index (χ0v) is 11.6. The summed E-state index contributed by atoms with van der Waals surface area (Å²) in [6.45, 7) is 0.294. The Morgan fingerprint density at radius 1 is 1.39 bits per heavy atom. The Bertz CT molecular complexity index is 577. The van der Waals surface area contributed by atoms with Crippen molar-refractivity contribution in [3.8, 4) is 0 Å². The molecule has 3 nitrogen and oxygen atoms in total. The largest absolute Gasteiger partial charge is 0.397 e. The molecule has 1 aromatic carbocycles. The minimum Gasteiger partial charge on any atom is -0.397 e. The minimum absolute atomic E-state index is 0.280. The van der Waals surface area contributed by atoms with Crippen molar-refractivity contribution in [2.75, 3.05) is 11.1 Å². The number of hydrogen-bond donors (Lipinski definition) is 2. The molecule has 2 aromatic rings. The molecule has 1 aromatic heterocycles. The Morgan fingerprint density at radius 2 is 2.17 bits per heavy atom. The number of benzene rings is 1. The first kappa shape index (κ1) is 13.1. The first-order valence-corrected chi connectivity index (χ1v) is 6.32. The SMILES string of the molecule is Nc1cnc(NCc2cc(Br)ccc2F)c(Cl)c1. The first-order chi connectivity index (χ1) is 8.56. The maximum atomic E-state index is 13.5. The third-order valence-corrected chi connectivity index (χ3v) is 3.10. The van der Waals surface area contributed by atoms with Crippen LogP contribution in [0.3, 0.4) is 0 Å². The van der Waals surface area contributed by atoms with Crippen molar-refractivity contribution in [2.24, 2.45) is 0 Å². The highest BCUT2D eigenvalue weighted by Gasteiger charge is 2.05. The van der Waals surface area contributed by atoms with Gasteiger partial charge < -0.3 is 11.1 Å². The van der Waals surface area contributed by atoms with Gasteiger partial charge in [-0.2, -0.15) is 0 Å². The van der Waals surface area contributed by atoms with E-state index in [2.05, 4.69) is 26.2 Å². The molecule has 0 fully saturated rings. The summed E-state index contributed by atoms with van der Waals surface area (Å²) in [5.74, 6) is 0.197. The van der Waals surface area contributed by atoms with Crippen LogP contribution in [0.25, 0.3) is 0 Å². The maximum Gasteiger partial charge on any atom is 0.145 e. The molecular formula is C12H10BrClFN3. The van der Waals surface area contributed by atoms with E-state index in [1.165, 1.54) is 12.3 Å². The molecule has 0 radical (unpaired) electrons. The fourth-order valence-corrected chi connectivity index (χ4v) is 2.09. The summed E-state index contributed by atoms with van der Waals surface area (Å²) in [7, 11) is 0. The van der Waals surface area contributed by atoms with Gasteiger partial charge in [0.2, 0.25) is 0 Å². The Kier molecular flexibility index (Phi) is 4.04. The molecule has 0 aliphatic heterocycles. The van der Waals surface area contributed by atoms with E-state index in [4.69, 9.17) is 17.3 Å². The number of rotatable bonds is 3. The van der Waals surface area contributed by atoms with Crippen LogP contribution in [0.1, 0.15) is 5.56 Å². The van der Waals surface area contributed by atoms with E-state index in [0.717, 1.165) is 4.47 Å². The molecule has 0 amide bonds. The fraction of sp³-hybridized carbons (Fsp3) is 0.0833. The number of anilines is 2. The lowest BCUT2D eigenvalue weighted by Crippen LogP contribution is -2.04. The number of nitrogens with two attached hydrogens (primary N) is 1. The number of nitrogens with one attached hydrogen (secondary N) is 1. The van der Waals surface area contributed by atoms with Gasteiger partial charge in [-0.3, -0.25) is 0 Å². The lowest BCUT2D eigenvalue weighted by Gasteiger charge is -2.09. The molecule has 3 N–H and O–H groups in total. The minimum atomic E-state index is -0.280. The predicted molar refractivity (Wildman–Crippen MR) is 75.1 cm³/mol. The summed E-state index contributed by atoms with van der Waals surface area (Å²) >= 11 is 9.25. The number of nitrogens with zero attached hydrogens (tertiary/aromatic N) is 1. The van der Waals surface area contributed by atoms with E-state index in [0.29, 0.717) is 28.6 Å². The van der Waals surface area contributed by atoms with Crippen molar-refractivity contribution in [3.05, 3.63) is 51.3 Å². The molecule has 0 atom stereocenters. The standard InChI is InChI=1S/C12H10BrClFN3/c13-8-1-2-11(15)7(3-8)5-17-12-10(14)4-9(16)6-18-12/h1-4,6H,5,16H2,(H,17,18). The van der Waals surface area contributed by atoms with Gasteiger partial charge in [0.15, 0.2) is 0 Å². The zero-order chi connectivity index (χ0) is 13.1. The lowest BCUT2D eigenvalue weighted by molar-refractivity contribution is 0.612. The molecule has 0 aliphatic rings. The summed E-state index contributed by atoms with van der Waals surface area (Å²) in [4.78, 5) is 4.04. The predicted octanol–water partition coefficient (Wildman–Crippen LogP) is 3.83. The van der Waals surface area contributed by atoms with E-state index in [1.807, 2.05) is 0 Å². The van der Waals surface area contributed by atoms with E-state index >= 15 is 0 Å². The number of pyridine rings is 1. The molecule has 0 saturated carbocycles. The first-order valence-electron chi connectivity index (χ1n) is 5.15. The molecule has 94 valence electrons. The number of nitrogen functional groups attached to an aromatic ring is 1. The highest BCUT2D eigenvalue weighted by Crippen LogP contribution is 2.22. The second-order valence-electron chi connectivity index (χ2n) is 3.69. The van der Waals surface area contributed by atoms with Gasteiger partial charge in [0.05, 0.1) is 16.9 Å². The summed E-state index contributed by atoms with van der Waals surface area (Å²) in [6, 6.07) is 6.34. The van der Waals surface area contributed by atoms with Gasteiger partial charge >= 0.3 is 0 Å². The monoisotopic (exact) mass is 329 g/mol. The van der Waals surface area contributed by atoms with Crippen molar-refractivity contribution in [1.82, 2.24) is 4.98 Å². The maximum absolute atomic E-state index is 13.5. The number of hydrogen-bond acceptors (Lipinski definition) is 3. The molecule has 0 unspecified atom stereocenters. The highest BCUT2D eigenvalue weighted by atomic mass is 79.9. The molecule has 0 saturated heterocycles. The van der Waals surface area contributed by atoms with Crippen LogP contribution >= 0.6 is 27.5 Å². The van der Waals surface area contributed by atoms with Crippen LogP contribution in [0.2, 0.25) is 5.02 Å². The van der Waals surface area contributed by atoms with Gasteiger partial charge in [0, 0.05) is 16.6 Å². The van der Waals surface area contributed by atoms with Gasteiger partial charge in [0.25, 0.3) is 0 Å². The topological polar surface area (TPSA) is 50.9 Å². The average molecular weight is 331 g/mol. The van der Waals surface area contributed by atoms with Crippen LogP contribution in [-0.2, 0) is 6.54 Å². The smallest absolute Gasteiger partial charge is 0.145 e. The Balaban J connectivity index is 2.13. The van der Waals surface area contributed by atoms with E-state index in [9.17, 15) is 4.39 Å². The summed E-state index contributed by atoms with van der Waals surface area (Å²) < 4.78 is 14.3. The van der Waals surface area contributed by atoms with Crippen LogP contribution in [0.15, 0.2) is 34.9 Å². The van der Waals surface area contributed by atoms with E-state index in [-0.39, 0.29) is 5.82 Å². The molecule has 1 heterocycles. The second-order valence-corrected chi connectivity index (χ2v) is 5.01. The quantitative estimate of drug-likeness (QED) is 0.899. The Morgan fingerprint density at radius 3 is 2.89 bits per heavy atom. The Labute approximate surface area is 117 Å². The highest BCUT2D eigenvalue weighted by molar-refractivity contribution is 9.10. The second kappa shape index (κ2) is 5.54. The molecule has 2 rings (SSSR count). The van der Waals surface area contributed by atoms with Crippen molar-refractivity contribution in [2.45, 2.75) is 6.54 Å². The molecule has 0 bridgehead atoms. The molecule has 6 heteroatoms. The molecule has 0 spiro atoms. The molecular weight excluding hydrogens is 321 g/mol. The van der Waals surface area contributed by atoms with Crippen LogP contribution in [0.5, 0.6) is 0 Å². The van der Waals surface area contributed by atoms with Gasteiger partial charge in [-0.25, -0.2) is 9.37 Å². The number of halogens is 3. The van der Waals surface area contributed by atoms with Crippen molar-refractivity contribution in [3.63, 3.8) is 0 Å². The average Bonchev–Trinajstić information content (AvgIpc) is 2.32. The Hall–Kier alpha value is -1.33. The molecule has 18 heavy (non-hydrogen) atoms. The summed E-state index contributed by atoms with van der Waals surface area (Å²) in [5, 5.41) is 3.37. The van der Waals surface area contributed by atoms with Crippen LogP contribution in [0, 0.1) is 5.82 Å². The van der Waals surface area contributed by atoms with Crippen molar-refractivity contribution in [1.29, 1.82) is 0 Å². The van der Waals surface area contributed by atoms with Crippen LogP contribution in [-0.4, -0.2) is 4.98 Å². The third kappa shape index (κ3) is 3.11. The number of aromatic nitrogens is 1. The summed E-state index contributed by atoms with van der Waals surface area (Å²) in [5.41, 5.74) is 6.55. The summed E-state index contributed by atoms with van der Waals surface area (Å²) in [6.07, 6.45) is 1.49. The third-order valence-electron chi connectivity index (χ3n) is 2.32. The van der Waals surface area contributed by atoms with Gasteiger partial charge in [-0.15, -0.1) is 0 Å². The zero-order valence-electron chi connectivity index (χ0n) is 9.25. The van der Waals surface area contributed by atoms with Crippen LogP contribution in [0.4, 0.5) is 15.9 Å². The van der Waals surface area contributed by atoms with Crippen molar-refractivity contribution >= 4 is 39.0 Å². The van der Waals surface area contributed by atoms with E-state index in [1.54, 1.807) is 18.2 Å². The normalized spacial score (nSPS) is 10.4. The molecule has 0 aliphatic carbocycles. The lowest BCUT2D eigenvalue weighted by atomic mass is 10.2. The van der Waals surface area contributed by atoms with Gasteiger partial charge in [-0.05, 0) is 24.3 Å². The fourth-order valence-electron chi connectivity index (χ4n) is 1.44. The van der Waals surface area contributed by atoms with Crippen LogP contribution < -0.4 is 11.1 Å². The van der Waals surface area contributed by atoms with Gasteiger partial charge in [-0.1, -0.05) is 27.5 Å².